The molecule has 1 aromatic carbocycles. The first-order chi connectivity index (χ1) is 9.86. The second-order valence-electron chi connectivity index (χ2n) is 5.74. The van der Waals surface area contributed by atoms with E-state index in [4.69, 9.17) is 9.47 Å². The summed E-state index contributed by atoms with van der Waals surface area (Å²) in [6, 6.07) is 7.54. The number of ether oxygens (including phenoxy) is 2. The molecule has 5 heteroatoms. The first-order valence-corrected chi connectivity index (χ1v) is 8.27. The number of hydrogen-bond donors (Lipinski definition) is 0. The molecule has 0 heterocycles. The zero-order valence-electron chi connectivity index (χ0n) is 12.2. The summed E-state index contributed by atoms with van der Waals surface area (Å²) >= 11 is 6.69. The predicted molar refractivity (Wildman–Crippen MR) is 89.5 cm³/mol. The number of benzene rings is 1. The largest absolute Gasteiger partial charge is 0.497 e. The number of carbonyl (C=O) groups excluding carboxylic acids is 1. The van der Waals surface area contributed by atoms with Crippen LogP contribution in [0.15, 0.2) is 33.7 Å². The predicted octanol–water partition coefficient (Wildman–Crippen LogP) is 4.64. The molecule has 1 fully saturated rings. The van der Waals surface area contributed by atoms with Gasteiger partial charge in [0.25, 0.3) is 0 Å². The Labute approximate surface area is 142 Å². The Morgan fingerprint density at radius 3 is 2.71 bits per heavy atom. The monoisotopic (exact) mass is 416 g/mol. The number of rotatable bonds is 5. The highest BCUT2D eigenvalue weighted by molar-refractivity contribution is 9.28. The van der Waals surface area contributed by atoms with E-state index in [1.54, 1.807) is 7.11 Å². The normalized spacial score (nSPS) is 22.3. The Balaban J connectivity index is 1.95. The van der Waals surface area contributed by atoms with Crippen LogP contribution in [-0.4, -0.2) is 13.1 Å². The number of methoxy groups -OCH3 is 1. The first kappa shape index (κ1) is 16.6. The van der Waals surface area contributed by atoms with Crippen LogP contribution < -0.4 is 4.74 Å². The molecule has 21 heavy (non-hydrogen) atoms. The molecular formula is C16H18Br2O3. The lowest BCUT2D eigenvalue weighted by Gasteiger charge is -2.07. The maximum atomic E-state index is 12.2. The van der Waals surface area contributed by atoms with Gasteiger partial charge in [0.2, 0.25) is 0 Å². The van der Waals surface area contributed by atoms with Crippen molar-refractivity contribution in [1.82, 2.24) is 0 Å². The van der Waals surface area contributed by atoms with Crippen LogP contribution in [0.5, 0.6) is 5.75 Å². The minimum Gasteiger partial charge on any atom is -0.497 e. The Bertz CT molecular complexity index is 562. The topological polar surface area (TPSA) is 35.5 Å². The molecule has 0 saturated heterocycles. The van der Waals surface area contributed by atoms with E-state index in [0.29, 0.717) is 0 Å². The van der Waals surface area contributed by atoms with Gasteiger partial charge in [0.05, 0.1) is 16.4 Å². The maximum Gasteiger partial charge on any atom is 0.310 e. The van der Waals surface area contributed by atoms with Gasteiger partial charge in [-0.3, -0.25) is 4.79 Å². The third-order valence-electron chi connectivity index (χ3n) is 3.99. The van der Waals surface area contributed by atoms with Crippen molar-refractivity contribution in [3.63, 3.8) is 0 Å². The minimum atomic E-state index is -0.148. The van der Waals surface area contributed by atoms with Gasteiger partial charge in [-0.05, 0) is 60.9 Å². The van der Waals surface area contributed by atoms with E-state index >= 15 is 0 Å². The Kier molecular flexibility index (Phi) is 5.15. The molecule has 2 rings (SSSR count). The van der Waals surface area contributed by atoms with Crippen LogP contribution in [0.2, 0.25) is 0 Å². The van der Waals surface area contributed by atoms with Crippen molar-refractivity contribution in [2.75, 3.05) is 7.11 Å². The van der Waals surface area contributed by atoms with Crippen molar-refractivity contribution < 1.29 is 14.3 Å². The zero-order valence-corrected chi connectivity index (χ0v) is 15.4. The van der Waals surface area contributed by atoms with Gasteiger partial charge in [-0.1, -0.05) is 32.1 Å². The Morgan fingerprint density at radius 2 is 2.10 bits per heavy atom. The fraction of sp³-hybridized carbons (Fsp3) is 0.438. The highest BCUT2D eigenvalue weighted by atomic mass is 79.9. The summed E-state index contributed by atoms with van der Waals surface area (Å²) in [5, 5.41) is 0. The molecule has 0 unspecified atom stereocenters. The molecule has 1 saturated carbocycles. The Morgan fingerprint density at radius 1 is 1.38 bits per heavy atom. The van der Waals surface area contributed by atoms with Gasteiger partial charge in [-0.2, -0.15) is 0 Å². The van der Waals surface area contributed by atoms with E-state index in [-0.39, 0.29) is 29.8 Å². The Hall–Kier alpha value is -0.810. The van der Waals surface area contributed by atoms with E-state index in [1.807, 2.05) is 30.3 Å². The van der Waals surface area contributed by atoms with Crippen LogP contribution >= 0.6 is 31.9 Å². The van der Waals surface area contributed by atoms with E-state index in [9.17, 15) is 4.79 Å². The summed E-state index contributed by atoms with van der Waals surface area (Å²) < 4.78 is 11.5. The fourth-order valence-corrected chi connectivity index (χ4v) is 3.15. The summed E-state index contributed by atoms with van der Waals surface area (Å²) in [6.45, 7) is 4.43. The van der Waals surface area contributed by atoms with Crippen molar-refractivity contribution in [1.29, 1.82) is 0 Å². The highest BCUT2D eigenvalue weighted by Gasteiger charge is 2.61. The smallest absolute Gasteiger partial charge is 0.310 e. The molecule has 0 N–H and O–H groups in total. The lowest BCUT2D eigenvalue weighted by atomic mass is 10.1. The number of carbonyl (C=O) groups is 1. The van der Waals surface area contributed by atoms with Crippen LogP contribution in [0.3, 0.4) is 0 Å². The van der Waals surface area contributed by atoms with Crippen LogP contribution in [0.25, 0.3) is 0 Å². The number of esters is 1. The SMILES string of the molecule is COc1cccc(COC(=O)[C@@H]2[C@@H](C=C(Br)Br)C2(C)C)c1. The molecule has 2 atom stereocenters. The highest BCUT2D eigenvalue weighted by Crippen LogP contribution is 2.60. The molecule has 3 nitrogen and oxygen atoms in total. The maximum absolute atomic E-state index is 12.2. The van der Waals surface area contributed by atoms with E-state index in [1.165, 1.54) is 0 Å². The summed E-state index contributed by atoms with van der Waals surface area (Å²) in [5.41, 5.74) is 0.869. The van der Waals surface area contributed by atoms with Crippen LogP contribution in [0.4, 0.5) is 0 Å². The number of allylic oxidation sites excluding steroid dienone is 1. The van der Waals surface area contributed by atoms with Crippen molar-refractivity contribution in [3.8, 4) is 5.75 Å². The van der Waals surface area contributed by atoms with Gasteiger partial charge < -0.3 is 9.47 Å². The van der Waals surface area contributed by atoms with Gasteiger partial charge in [-0.15, -0.1) is 0 Å². The molecule has 0 aliphatic heterocycles. The summed E-state index contributed by atoms with van der Waals surface area (Å²) in [4.78, 5) is 12.2. The lowest BCUT2D eigenvalue weighted by Crippen LogP contribution is -2.10. The van der Waals surface area contributed by atoms with Gasteiger partial charge in [0, 0.05) is 0 Å². The molecule has 1 aliphatic rings. The molecule has 0 amide bonds. The van der Waals surface area contributed by atoms with E-state index < -0.39 is 0 Å². The quantitative estimate of drug-likeness (QED) is 0.654. The second kappa shape index (κ2) is 6.53. The summed E-state index contributed by atoms with van der Waals surface area (Å²) in [6.07, 6.45) is 2.01. The summed E-state index contributed by atoms with van der Waals surface area (Å²) in [5.74, 6) is 0.724. The second-order valence-corrected chi connectivity index (χ2v) is 8.51. The summed E-state index contributed by atoms with van der Waals surface area (Å²) in [7, 11) is 1.62. The van der Waals surface area contributed by atoms with Crippen molar-refractivity contribution in [2.45, 2.75) is 20.5 Å². The van der Waals surface area contributed by atoms with Crippen molar-refractivity contribution in [2.24, 2.45) is 17.3 Å². The van der Waals surface area contributed by atoms with Crippen LogP contribution in [0.1, 0.15) is 19.4 Å². The third kappa shape index (κ3) is 3.89. The van der Waals surface area contributed by atoms with Crippen LogP contribution in [0, 0.1) is 17.3 Å². The van der Waals surface area contributed by atoms with Crippen molar-refractivity contribution in [3.05, 3.63) is 39.3 Å². The molecular weight excluding hydrogens is 400 g/mol. The molecule has 0 aromatic heterocycles. The van der Waals surface area contributed by atoms with Gasteiger partial charge >= 0.3 is 5.97 Å². The van der Waals surface area contributed by atoms with Crippen LogP contribution in [-0.2, 0) is 16.1 Å². The third-order valence-corrected chi connectivity index (χ3v) is 4.51. The molecule has 0 radical (unpaired) electrons. The average Bonchev–Trinajstić information content (AvgIpc) is 2.96. The zero-order chi connectivity index (χ0) is 15.6. The number of hydrogen-bond acceptors (Lipinski definition) is 3. The molecule has 1 aromatic rings. The van der Waals surface area contributed by atoms with E-state index in [0.717, 1.165) is 14.7 Å². The first-order valence-electron chi connectivity index (χ1n) is 6.68. The van der Waals surface area contributed by atoms with Crippen molar-refractivity contribution >= 4 is 37.8 Å². The molecule has 0 bridgehead atoms. The van der Waals surface area contributed by atoms with Gasteiger partial charge in [-0.25, -0.2) is 0 Å². The van der Waals surface area contributed by atoms with E-state index in [2.05, 4.69) is 45.7 Å². The van der Waals surface area contributed by atoms with Gasteiger partial charge in [0.1, 0.15) is 12.4 Å². The number of halogens is 2. The molecule has 1 aliphatic carbocycles. The molecule has 0 spiro atoms. The van der Waals surface area contributed by atoms with Gasteiger partial charge in [0.15, 0.2) is 0 Å². The lowest BCUT2D eigenvalue weighted by molar-refractivity contribution is -0.147. The average molecular weight is 418 g/mol. The fourth-order valence-electron chi connectivity index (χ4n) is 2.58. The minimum absolute atomic E-state index is 0.0573. The standard InChI is InChI=1S/C16H18Br2O3/c1-16(2)12(8-13(17)18)14(16)15(19)21-9-10-5-4-6-11(7-10)20-3/h4-8,12,14H,9H2,1-3H3/t12-,14+/m1/s1. The molecule has 114 valence electrons.